The summed E-state index contributed by atoms with van der Waals surface area (Å²) < 4.78 is 0. The molecule has 0 saturated carbocycles. The van der Waals surface area contributed by atoms with Crippen molar-refractivity contribution in [3.8, 4) is 0 Å². The average Bonchev–Trinajstić information content (AvgIpc) is 2.80. The zero-order valence-electron chi connectivity index (χ0n) is 10.7. The lowest BCUT2D eigenvalue weighted by atomic mass is 10.2. The van der Waals surface area contributed by atoms with Crippen LogP contribution in [-0.4, -0.2) is 20.9 Å². The van der Waals surface area contributed by atoms with Crippen molar-refractivity contribution in [3.63, 3.8) is 0 Å². The molecule has 1 amide bonds. The fourth-order valence-corrected chi connectivity index (χ4v) is 1.94. The molecule has 2 heterocycles. The minimum atomic E-state index is -0.495. The maximum Gasteiger partial charge on any atom is 0.263 e. The topological polar surface area (TPSA) is 90.6 Å². The number of benzene rings is 1. The summed E-state index contributed by atoms with van der Waals surface area (Å²) in [5.41, 5.74) is 1.91. The van der Waals surface area contributed by atoms with E-state index in [1.165, 1.54) is 6.07 Å². The van der Waals surface area contributed by atoms with Crippen LogP contribution in [0.2, 0.25) is 0 Å². The first-order chi connectivity index (χ1) is 9.63. The number of imidazole rings is 1. The van der Waals surface area contributed by atoms with Gasteiger partial charge in [-0.25, -0.2) is 4.98 Å². The van der Waals surface area contributed by atoms with Gasteiger partial charge in [0, 0.05) is 5.69 Å². The molecule has 3 aromatic rings. The SMILES string of the molecule is Cc1ccc(C(=O)Nc2nc3ccccc3[nH]2)c(=O)[nH]1. The molecule has 3 rings (SSSR count). The monoisotopic (exact) mass is 268 g/mol. The van der Waals surface area contributed by atoms with Gasteiger partial charge in [-0.05, 0) is 31.2 Å². The predicted molar refractivity (Wildman–Crippen MR) is 75.8 cm³/mol. The number of carbonyl (C=O) groups is 1. The summed E-state index contributed by atoms with van der Waals surface area (Å²) in [6.45, 7) is 1.75. The molecule has 2 aromatic heterocycles. The van der Waals surface area contributed by atoms with Crippen molar-refractivity contribution in [3.05, 3.63) is 58.0 Å². The van der Waals surface area contributed by atoms with E-state index in [0.717, 1.165) is 11.0 Å². The number of nitrogens with one attached hydrogen (secondary N) is 3. The van der Waals surface area contributed by atoms with Gasteiger partial charge in [-0.2, -0.15) is 0 Å². The van der Waals surface area contributed by atoms with Gasteiger partial charge in [-0.3, -0.25) is 14.9 Å². The van der Waals surface area contributed by atoms with Gasteiger partial charge < -0.3 is 9.97 Å². The van der Waals surface area contributed by atoms with Gasteiger partial charge in [-0.1, -0.05) is 12.1 Å². The lowest BCUT2D eigenvalue weighted by Gasteiger charge is -2.01. The zero-order chi connectivity index (χ0) is 14.1. The van der Waals surface area contributed by atoms with E-state index in [9.17, 15) is 9.59 Å². The normalized spacial score (nSPS) is 10.7. The third-order valence-corrected chi connectivity index (χ3v) is 2.92. The number of anilines is 1. The molecule has 0 bridgehead atoms. The maximum atomic E-state index is 12.0. The summed E-state index contributed by atoms with van der Waals surface area (Å²) in [4.78, 5) is 33.5. The van der Waals surface area contributed by atoms with E-state index < -0.39 is 11.5 Å². The van der Waals surface area contributed by atoms with Gasteiger partial charge in [0.25, 0.3) is 11.5 Å². The quantitative estimate of drug-likeness (QED) is 0.662. The van der Waals surface area contributed by atoms with Crippen LogP contribution in [0.4, 0.5) is 5.95 Å². The van der Waals surface area contributed by atoms with Crippen LogP contribution in [-0.2, 0) is 0 Å². The maximum absolute atomic E-state index is 12.0. The number of pyridine rings is 1. The average molecular weight is 268 g/mol. The molecule has 20 heavy (non-hydrogen) atoms. The van der Waals surface area contributed by atoms with E-state index in [2.05, 4.69) is 20.3 Å². The Hall–Kier alpha value is -2.89. The molecular formula is C14H12N4O2. The van der Waals surface area contributed by atoms with E-state index in [-0.39, 0.29) is 5.56 Å². The van der Waals surface area contributed by atoms with E-state index in [4.69, 9.17) is 0 Å². The number of fused-ring (bicyclic) bond motifs is 1. The number of hydrogen-bond donors (Lipinski definition) is 3. The van der Waals surface area contributed by atoms with Gasteiger partial charge in [0.15, 0.2) is 0 Å². The van der Waals surface area contributed by atoms with Gasteiger partial charge in [-0.15, -0.1) is 0 Å². The number of aromatic amines is 2. The number of para-hydroxylation sites is 2. The van der Waals surface area contributed by atoms with Crippen LogP contribution < -0.4 is 10.9 Å². The van der Waals surface area contributed by atoms with Gasteiger partial charge in [0.2, 0.25) is 5.95 Å². The second-order valence-corrected chi connectivity index (χ2v) is 4.44. The van der Waals surface area contributed by atoms with Crippen molar-refractivity contribution in [1.82, 2.24) is 15.0 Å². The summed E-state index contributed by atoms with van der Waals surface area (Å²) in [7, 11) is 0. The molecule has 1 aromatic carbocycles. The largest absolute Gasteiger partial charge is 0.326 e. The number of hydrogen-bond acceptors (Lipinski definition) is 3. The Balaban J connectivity index is 1.90. The van der Waals surface area contributed by atoms with Crippen molar-refractivity contribution in [2.45, 2.75) is 6.92 Å². The fraction of sp³-hybridized carbons (Fsp3) is 0.0714. The number of carbonyl (C=O) groups excluding carboxylic acids is 1. The van der Waals surface area contributed by atoms with Gasteiger partial charge >= 0.3 is 0 Å². The number of aryl methyl sites for hydroxylation is 1. The summed E-state index contributed by atoms with van der Waals surface area (Å²) in [5, 5.41) is 2.58. The van der Waals surface area contributed by atoms with Crippen LogP contribution in [0.25, 0.3) is 11.0 Å². The highest BCUT2D eigenvalue weighted by atomic mass is 16.2. The Kier molecular flexibility index (Phi) is 2.83. The second-order valence-electron chi connectivity index (χ2n) is 4.44. The number of H-pyrrole nitrogens is 2. The Morgan fingerprint density at radius 2 is 1.95 bits per heavy atom. The second kappa shape index (κ2) is 4.65. The molecule has 0 saturated heterocycles. The van der Waals surface area contributed by atoms with E-state index in [1.54, 1.807) is 13.0 Å². The molecule has 0 spiro atoms. The highest BCUT2D eigenvalue weighted by Crippen LogP contribution is 2.13. The number of rotatable bonds is 2. The highest BCUT2D eigenvalue weighted by Gasteiger charge is 2.12. The molecular weight excluding hydrogens is 256 g/mol. The third-order valence-electron chi connectivity index (χ3n) is 2.92. The molecule has 3 N–H and O–H groups in total. The lowest BCUT2D eigenvalue weighted by Crippen LogP contribution is -2.23. The fourth-order valence-electron chi connectivity index (χ4n) is 1.94. The minimum Gasteiger partial charge on any atom is -0.326 e. The van der Waals surface area contributed by atoms with Gasteiger partial charge in [0.05, 0.1) is 11.0 Å². The summed E-state index contributed by atoms with van der Waals surface area (Å²) in [5.74, 6) is -0.179. The van der Waals surface area contributed by atoms with E-state index in [0.29, 0.717) is 11.6 Å². The van der Waals surface area contributed by atoms with E-state index >= 15 is 0 Å². The third kappa shape index (κ3) is 2.18. The summed E-state index contributed by atoms with van der Waals surface area (Å²) in [6.07, 6.45) is 0. The number of nitrogens with zero attached hydrogens (tertiary/aromatic N) is 1. The van der Waals surface area contributed by atoms with Crippen LogP contribution in [0.15, 0.2) is 41.2 Å². The van der Waals surface area contributed by atoms with Crippen molar-refractivity contribution >= 4 is 22.9 Å². The molecule has 6 nitrogen and oxygen atoms in total. The van der Waals surface area contributed by atoms with Crippen LogP contribution in [0.1, 0.15) is 16.1 Å². The Bertz CT molecular complexity index is 815. The molecule has 0 fully saturated rings. The first-order valence-electron chi connectivity index (χ1n) is 6.09. The van der Waals surface area contributed by atoms with Crippen LogP contribution in [0, 0.1) is 6.92 Å². The molecule has 0 unspecified atom stereocenters. The van der Waals surface area contributed by atoms with Crippen molar-refractivity contribution in [1.29, 1.82) is 0 Å². The molecule has 0 atom stereocenters. The van der Waals surface area contributed by atoms with Crippen LogP contribution >= 0.6 is 0 Å². The minimum absolute atomic E-state index is 0.0519. The standard InChI is InChI=1S/C14H12N4O2/c1-8-6-7-9(12(19)15-8)13(20)18-14-16-10-4-2-3-5-11(10)17-14/h2-7H,1H3,(H,15,19)(H2,16,17,18,20). The first-order valence-corrected chi connectivity index (χ1v) is 6.09. The summed E-state index contributed by atoms with van der Waals surface area (Å²) in [6, 6.07) is 10.6. The molecule has 0 radical (unpaired) electrons. The molecule has 0 aliphatic carbocycles. The number of aromatic nitrogens is 3. The smallest absolute Gasteiger partial charge is 0.263 e. The Morgan fingerprint density at radius 1 is 1.15 bits per heavy atom. The van der Waals surface area contributed by atoms with Crippen LogP contribution in [0.3, 0.4) is 0 Å². The molecule has 0 aliphatic rings. The van der Waals surface area contributed by atoms with Crippen molar-refractivity contribution in [2.75, 3.05) is 5.32 Å². The zero-order valence-corrected chi connectivity index (χ0v) is 10.7. The highest BCUT2D eigenvalue weighted by molar-refractivity contribution is 6.03. The van der Waals surface area contributed by atoms with Crippen molar-refractivity contribution in [2.24, 2.45) is 0 Å². The lowest BCUT2D eigenvalue weighted by molar-refractivity contribution is 0.102. The Morgan fingerprint density at radius 3 is 2.70 bits per heavy atom. The van der Waals surface area contributed by atoms with E-state index in [1.807, 2.05) is 24.3 Å². The Labute approximate surface area is 113 Å². The van der Waals surface area contributed by atoms with Gasteiger partial charge in [0.1, 0.15) is 5.56 Å². The van der Waals surface area contributed by atoms with Crippen molar-refractivity contribution < 1.29 is 4.79 Å². The van der Waals surface area contributed by atoms with Crippen LogP contribution in [0.5, 0.6) is 0 Å². The molecule has 100 valence electrons. The molecule has 0 aliphatic heterocycles. The molecule has 6 heteroatoms. The first kappa shape index (κ1) is 12.2. The predicted octanol–water partition coefficient (Wildman–Crippen LogP) is 1.81. The number of amides is 1. The summed E-state index contributed by atoms with van der Waals surface area (Å²) >= 11 is 0.